The van der Waals surface area contributed by atoms with Crippen LogP contribution in [0, 0.1) is 12.8 Å². The number of rotatable bonds is 6. The van der Waals surface area contributed by atoms with E-state index in [9.17, 15) is 0 Å². The summed E-state index contributed by atoms with van der Waals surface area (Å²) in [5.41, 5.74) is 5.49. The normalized spacial score (nSPS) is 13.1. The van der Waals surface area contributed by atoms with Crippen molar-refractivity contribution in [2.24, 2.45) is 11.8 Å². The minimum absolute atomic E-state index is 0.231. The van der Waals surface area contributed by atoms with Gasteiger partial charge >= 0.3 is 0 Å². The summed E-state index contributed by atoms with van der Waals surface area (Å²) in [5, 5.41) is 0. The second kappa shape index (κ2) is 7.14. The maximum absolute atomic E-state index is 5.71. The van der Waals surface area contributed by atoms with Crippen LogP contribution in [0.5, 0.6) is 0 Å². The van der Waals surface area contributed by atoms with E-state index in [1.54, 1.807) is 0 Å². The first-order valence-electron chi connectivity index (χ1n) is 6.34. The summed E-state index contributed by atoms with van der Waals surface area (Å²) in [6, 6.07) is 6.64. The van der Waals surface area contributed by atoms with E-state index in [2.05, 4.69) is 60.3 Å². The third-order valence-corrected chi connectivity index (χ3v) is 4.17. The second-order valence-corrected chi connectivity index (χ2v) is 5.52. The van der Waals surface area contributed by atoms with Gasteiger partial charge in [-0.05, 0) is 30.9 Å². The summed E-state index contributed by atoms with van der Waals surface area (Å²) in [6.45, 7) is 6.60. The van der Waals surface area contributed by atoms with Gasteiger partial charge in [-0.2, -0.15) is 0 Å². The molecule has 0 heterocycles. The molecular formula is C14H23BrN2. The van der Waals surface area contributed by atoms with Gasteiger partial charge in [0.15, 0.2) is 0 Å². The van der Waals surface area contributed by atoms with Crippen LogP contribution in [-0.2, 0) is 0 Å². The van der Waals surface area contributed by atoms with E-state index in [0.717, 1.165) is 16.8 Å². The van der Waals surface area contributed by atoms with Crippen molar-refractivity contribution >= 4 is 15.9 Å². The monoisotopic (exact) mass is 298 g/mol. The van der Waals surface area contributed by atoms with Crippen LogP contribution in [0.4, 0.5) is 0 Å². The predicted molar refractivity (Wildman–Crippen MR) is 77.6 cm³/mol. The van der Waals surface area contributed by atoms with Crippen molar-refractivity contribution in [3.63, 3.8) is 0 Å². The maximum Gasteiger partial charge on any atom is 0.0473 e. The van der Waals surface area contributed by atoms with Gasteiger partial charge in [-0.25, -0.2) is 0 Å². The molecule has 96 valence electrons. The number of hydrogen-bond donors (Lipinski definition) is 2. The minimum Gasteiger partial charge on any atom is -0.271 e. The molecule has 0 aliphatic carbocycles. The molecule has 0 aliphatic rings. The first-order chi connectivity index (χ1) is 8.12. The Labute approximate surface area is 113 Å². The van der Waals surface area contributed by atoms with E-state index in [1.807, 2.05) is 0 Å². The fourth-order valence-corrected chi connectivity index (χ4v) is 2.69. The maximum atomic E-state index is 5.71. The zero-order valence-electron chi connectivity index (χ0n) is 11.0. The molecule has 1 aromatic rings. The summed E-state index contributed by atoms with van der Waals surface area (Å²) in [4.78, 5) is 0. The molecule has 0 saturated heterocycles. The summed E-state index contributed by atoms with van der Waals surface area (Å²) in [6.07, 6.45) is 3.50. The average Bonchev–Trinajstić information content (AvgIpc) is 2.34. The highest BCUT2D eigenvalue weighted by Gasteiger charge is 2.17. The molecule has 1 unspecified atom stereocenters. The third kappa shape index (κ3) is 4.09. The largest absolute Gasteiger partial charge is 0.271 e. The van der Waals surface area contributed by atoms with Crippen molar-refractivity contribution in [1.29, 1.82) is 0 Å². The highest BCUT2D eigenvalue weighted by molar-refractivity contribution is 9.10. The Morgan fingerprint density at radius 2 is 1.94 bits per heavy atom. The Morgan fingerprint density at radius 3 is 2.47 bits per heavy atom. The first kappa shape index (κ1) is 14.7. The molecule has 0 aromatic heterocycles. The van der Waals surface area contributed by atoms with Crippen LogP contribution in [-0.4, -0.2) is 0 Å². The summed E-state index contributed by atoms with van der Waals surface area (Å²) in [5.74, 6) is 6.44. The Kier molecular flexibility index (Phi) is 6.17. The third-order valence-electron chi connectivity index (χ3n) is 3.45. The Bertz CT molecular complexity index is 348. The lowest BCUT2D eigenvalue weighted by molar-refractivity contribution is 0.374. The van der Waals surface area contributed by atoms with Gasteiger partial charge in [0, 0.05) is 10.5 Å². The zero-order valence-corrected chi connectivity index (χ0v) is 12.5. The van der Waals surface area contributed by atoms with Crippen molar-refractivity contribution in [3.05, 3.63) is 33.8 Å². The minimum atomic E-state index is 0.231. The molecule has 1 aromatic carbocycles. The standard InChI is InChI=1S/C14H23BrN2/c1-4-11(5-2)9-14(17-16)12-8-10(3)6-7-13(12)15/h6-8,11,14,17H,4-5,9,16H2,1-3H3. The van der Waals surface area contributed by atoms with E-state index in [4.69, 9.17) is 5.84 Å². The van der Waals surface area contributed by atoms with E-state index >= 15 is 0 Å². The SMILES string of the molecule is CCC(CC)CC(NN)c1cc(C)ccc1Br. The first-order valence-corrected chi connectivity index (χ1v) is 7.13. The van der Waals surface area contributed by atoms with Gasteiger partial charge in [-0.1, -0.05) is 60.3 Å². The van der Waals surface area contributed by atoms with Crippen LogP contribution in [0.2, 0.25) is 0 Å². The van der Waals surface area contributed by atoms with Crippen LogP contribution >= 0.6 is 15.9 Å². The molecule has 17 heavy (non-hydrogen) atoms. The summed E-state index contributed by atoms with van der Waals surface area (Å²) < 4.78 is 1.14. The molecule has 0 fully saturated rings. The van der Waals surface area contributed by atoms with Gasteiger partial charge in [0.1, 0.15) is 0 Å². The fourth-order valence-electron chi connectivity index (χ4n) is 2.17. The fraction of sp³-hybridized carbons (Fsp3) is 0.571. The lowest BCUT2D eigenvalue weighted by Crippen LogP contribution is -2.30. The van der Waals surface area contributed by atoms with Crippen LogP contribution in [0.15, 0.2) is 22.7 Å². The average molecular weight is 299 g/mol. The number of hydrazine groups is 1. The number of nitrogens with one attached hydrogen (secondary N) is 1. The van der Waals surface area contributed by atoms with Crippen LogP contribution in [0.25, 0.3) is 0 Å². The Morgan fingerprint density at radius 1 is 1.29 bits per heavy atom. The number of nitrogens with two attached hydrogens (primary N) is 1. The molecule has 0 amide bonds. The molecule has 3 N–H and O–H groups in total. The molecule has 0 bridgehead atoms. The van der Waals surface area contributed by atoms with Gasteiger partial charge < -0.3 is 0 Å². The molecule has 2 nitrogen and oxygen atoms in total. The molecule has 1 rings (SSSR count). The quantitative estimate of drug-likeness (QED) is 0.613. The summed E-state index contributed by atoms with van der Waals surface area (Å²) >= 11 is 3.61. The molecule has 0 aliphatic heterocycles. The Hall–Kier alpha value is -0.380. The van der Waals surface area contributed by atoms with Crippen molar-refractivity contribution in [3.8, 4) is 0 Å². The van der Waals surface area contributed by atoms with Gasteiger partial charge in [0.05, 0.1) is 0 Å². The van der Waals surface area contributed by atoms with E-state index in [0.29, 0.717) is 0 Å². The molecule has 1 atom stereocenters. The van der Waals surface area contributed by atoms with Gasteiger partial charge in [0.2, 0.25) is 0 Å². The second-order valence-electron chi connectivity index (χ2n) is 4.66. The van der Waals surface area contributed by atoms with Crippen molar-refractivity contribution in [2.45, 2.75) is 46.1 Å². The lowest BCUT2D eigenvalue weighted by atomic mass is 9.91. The lowest BCUT2D eigenvalue weighted by Gasteiger charge is -2.23. The highest BCUT2D eigenvalue weighted by atomic mass is 79.9. The number of aryl methyl sites for hydroxylation is 1. The van der Waals surface area contributed by atoms with Gasteiger partial charge in [-0.15, -0.1) is 0 Å². The van der Waals surface area contributed by atoms with Crippen LogP contribution in [0.1, 0.15) is 50.3 Å². The van der Waals surface area contributed by atoms with E-state index in [-0.39, 0.29) is 6.04 Å². The molecule has 0 saturated carbocycles. The number of halogens is 1. The van der Waals surface area contributed by atoms with Crippen molar-refractivity contribution < 1.29 is 0 Å². The Balaban J connectivity index is 2.89. The molecule has 3 heteroatoms. The zero-order chi connectivity index (χ0) is 12.8. The number of hydrogen-bond acceptors (Lipinski definition) is 2. The van der Waals surface area contributed by atoms with Crippen LogP contribution < -0.4 is 11.3 Å². The van der Waals surface area contributed by atoms with Gasteiger partial charge in [0.25, 0.3) is 0 Å². The molecule has 0 spiro atoms. The van der Waals surface area contributed by atoms with Crippen molar-refractivity contribution in [1.82, 2.24) is 5.43 Å². The smallest absolute Gasteiger partial charge is 0.0473 e. The number of benzene rings is 1. The topological polar surface area (TPSA) is 38.0 Å². The summed E-state index contributed by atoms with van der Waals surface area (Å²) in [7, 11) is 0. The highest BCUT2D eigenvalue weighted by Crippen LogP contribution is 2.30. The van der Waals surface area contributed by atoms with Gasteiger partial charge in [-0.3, -0.25) is 11.3 Å². The predicted octanol–water partition coefficient (Wildman–Crippen LogP) is 4.09. The molecule has 0 radical (unpaired) electrons. The van der Waals surface area contributed by atoms with E-state index < -0.39 is 0 Å². The van der Waals surface area contributed by atoms with Crippen LogP contribution in [0.3, 0.4) is 0 Å². The molecular weight excluding hydrogens is 276 g/mol. The van der Waals surface area contributed by atoms with Crippen molar-refractivity contribution in [2.75, 3.05) is 0 Å². The van der Waals surface area contributed by atoms with E-state index in [1.165, 1.54) is 24.0 Å².